The van der Waals surface area contributed by atoms with Gasteiger partial charge in [-0.2, -0.15) is 5.26 Å². The van der Waals surface area contributed by atoms with Crippen LogP contribution in [0.4, 0.5) is 5.69 Å². The Kier molecular flexibility index (Phi) is 6.07. The summed E-state index contributed by atoms with van der Waals surface area (Å²) in [6.45, 7) is 2.25. The number of nitriles is 1. The first-order valence-electron chi connectivity index (χ1n) is 7.78. The lowest BCUT2D eigenvalue weighted by Gasteiger charge is -2.07. The minimum atomic E-state index is -0.660. The number of aromatic nitrogens is 1. The molecule has 7 nitrogen and oxygen atoms in total. The molecule has 0 aliphatic heterocycles. The predicted octanol–water partition coefficient (Wildman–Crippen LogP) is 3.64. The molecule has 0 saturated heterocycles. The van der Waals surface area contributed by atoms with Crippen molar-refractivity contribution >= 4 is 17.7 Å². The maximum Gasteiger partial charge on any atom is 0.348 e. The lowest BCUT2D eigenvalue weighted by atomic mass is 10.2. The van der Waals surface area contributed by atoms with Crippen LogP contribution in [0.5, 0.6) is 0 Å². The molecule has 25 heavy (non-hydrogen) atoms. The van der Waals surface area contributed by atoms with Crippen LogP contribution in [0.25, 0.3) is 11.8 Å². The van der Waals surface area contributed by atoms with Gasteiger partial charge >= 0.3 is 5.97 Å². The molecule has 1 heterocycles. The molecule has 0 bridgehead atoms. The van der Waals surface area contributed by atoms with E-state index in [1.54, 1.807) is 35.0 Å². The van der Waals surface area contributed by atoms with E-state index in [0.717, 1.165) is 12.8 Å². The molecule has 2 rings (SSSR count). The van der Waals surface area contributed by atoms with Crippen LogP contribution in [0.2, 0.25) is 0 Å². The van der Waals surface area contributed by atoms with Crippen LogP contribution in [0.15, 0.2) is 48.2 Å². The van der Waals surface area contributed by atoms with Gasteiger partial charge in [-0.3, -0.25) is 10.1 Å². The summed E-state index contributed by atoms with van der Waals surface area (Å²) in [5, 5.41) is 19.9. The fourth-order valence-corrected chi connectivity index (χ4v) is 2.15. The minimum Gasteiger partial charge on any atom is -0.462 e. The Morgan fingerprint density at radius 1 is 1.36 bits per heavy atom. The fraction of sp³-hybridized carbons (Fsp3) is 0.222. The van der Waals surface area contributed by atoms with Crippen LogP contribution in [0, 0.1) is 21.4 Å². The van der Waals surface area contributed by atoms with E-state index in [1.807, 2.05) is 13.0 Å². The summed E-state index contributed by atoms with van der Waals surface area (Å²) in [6, 6.07) is 11.3. The molecule has 7 heteroatoms. The number of nitro groups is 1. The third-order valence-corrected chi connectivity index (χ3v) is 3.48. The number of carbonyl (C=O) groups is 1. The minimum absolute atomic E-state index is 0.00906. The van der Waals surface area contributed by atoms with Crippen molar-refractivity contribution in [2.24, 2.45) is 0 Å². The molecule has 1 aromatic carbocycles. The molecule has 0 amide bonds. The quantitative estimate of drug-likeness (QED) is 0.191. The van der Waals surface area contributed by atoms with Crippen molar-refractivity contribution < 1.29 is 14.5 Å². The topological polar surface area (TPSA) is 98.2 Å². The molecular weight excluding hydrogens is 322 g/mol. The van der Waals surface area contributed by atoms with Crippen molar-refractivity contribution in [3.63, 3.8) is 0 Å². The van der Waals surface area contributed by atoms with Crippen molar-refractivity contribution in [2.45, 2.75) is 19.8 Å². The van der Waals surface area contributed by atoms with E-state index < -0.39 is 10.9 Å². The average Bonchev–Trinajstić information content (AvgIpc) is 3.08. The Morgan fingerprint density at radius 3 is 2.68 bits per heavy atom. The number of nitro benzene ring substituents is 1. The summed E-state index contributed by atoms with van der Waals surface area (Å²) >= 11 is 0. The Morgan fingerprint density at radius 2 is 2.08 bits per heavy atom. The molecule has 0 aliphatic carbocycles. The highest BCUT2D eigenvalue weighted by Gasteiger charge is 2.12. The number of rotatable bonds is 7. The highest BCUT2D eigenvalue weighted by Crippen LogP contribution is 2.19. The van der Waals surface area contributed by atoms with Crippen LogP contribution >= 0.6 is 0 Å². The number of hydrogen-bond acceptors (Lipinski definition) is 5. The number of carbonyl (C=O) groups excluding carboxylic acids is 1. The van der Waals surface area contributed by atoms with Gasteiger partial charge in [0.1, 0.15) is 11.6 Å². The van der Waals surface area contributed by atoms with E-state index in [9.17, 15) is 20.2 Å². The van der Waals surface area contributed by atoms with E-state index in [0.29, 0.717) is 11.4 Å². The van der Waals surface area contributed by atoms with Gasteiger partial charge in [-0.15, -0.1) is 0 Å². The number of non-ortho nitro benzene ring substituents is 1. The lowest BCUT2D eigenvalue weighted by molar-refractivity contribution is -0.384. The molecule has 0 aliphatic rings. The van der Waals surface area contributed by atoms with Gasteiger partial charge in [0.2, 0.25) is 0 Å². The molecule has 0 N–H and O–H groups in total. The number of esters is 1. The predicted molar refractivity (Wildman–Crippen MR) is 91.9 cm³/mol. The molecule has 0 saturated carbocycles. The van der Waals surface area contributed by atoms with Crippen molar-refractivity contribution in [3.8, 4) is 11.8 Å². The van der Waals surface area contributed by atoms with Crippen LogP contribution in [-0.2, 0) is 9.53 Å². The first-order valence-corrected chi connectivity index (χ1v) is 7.78. The second-order valence-corrected chi connectivity index (χ2v) is 5.24. The molecule has 0 fully saturated rings. The first kappa shape index (κ1) is 17.9. The Labute approximate surface area is 144 Å². The Bertz CT molecular complexity index is 829. The molecule has 2 aromatic rings. The lowest BCUT2D eigenvalue weighted by Crippen LogP contribution is -2.08. The maximum absolute atomic E-state index is 11.9. The van der Waals surface area contributed by atoms with Crippen molar-refractivity contribution in [1.29, 1.82) is 5.26 Å². The van der Waals surface area contributed by atoms with Gasteiger partial charge in [0.25, 0.3) is 5.69 Å². The number of hydrogen-bond donors (Lipinski definition) is 0. The summed E-state index contributed by atoms with van der Waals surface area (Å²) in [6.07, 6.45) is 4.81. The first-order chi connectivity index (χ1) is 12.1. The van der Waals surface area contributed by atoms with Gasteiger partial charge in [0.15, 0.2) is 0 Å². The number of nitrogens with zero attached hydrogens (tertiary/aromatic N) is 3. The number of ether oxygens (including phenoxy) is 1. The van der Waals surface area contributed by atoms with Crippen LogP contribution in [-0.4, -0.2) is 22.1 Å². The van der Waals surface area contributed by atoms with E-state index >= 15 is 0 Å². The van der Waals surface area contributed by atoms with Crippen LogP contribution < -0.4 is 0 Å². The molecule has 0 radical (unpaired) electrons. The van der Waals surface area contributed by atoms with Crippen LogP contribution in [0.1, 0.15) is 25.5 Å². The van der Waals surface area contributed by atoms with E-state index in [-0.39, 0.29) is 17.9 Å². The molecule has 1 aromatic heterocycles. The second kappa shape index (κ2) is 8.45. The molecule has 0 atom stereocenters. The summed E-state index contributed by atoms with van der Waals surface area (Å²) in [5.41, 5.74) is 1.17. The highest BCUT2D eigenvalue weighted by molar-refractivity contribution is 5.97. The summed E-state index contributed by atoms with van der Waals surface area (Å²) in [5.74, 6) is -0.660. The van der Waals surface area contributed by atoms with Crippen molar-refractivity contribution in [1.82, 2.24) is 4.57 Å². The van der Waals surface area contributed by atoms with Gasteiger partial charge in [-0.25, -0.2) is 4.79 Å². The zero-order valence-electron chi connectivity index (χ0n) is 13.7. The SMILES string of the molecule is CCCCOC(=O)/C(C#N)=C/c1cccn1-c1ccc([N+](=O)[O-])cc1. The average molecular weight is 339 g/mol. The summed E-state index contributed by atoms with van der Waals surface area (Å²) in [7, 11) is 0. The van der Waals surface area contributed by atoms with Crippen molar-refractivity contribution in [2.75, 3.05) is 6.61 Å². The summed E-state index contributed by atoms with van der Waals surface area (Å²) < 4.78 is 6.78. The van der Waals surface area contributed by atoms with Gasteiger partial charge < -0.3 is 9.30 Å². The van der Waals surface area contributed by atoms with Gasteiger partial charge in [-0.1, -0.05) is 13.3 Å². The molecule has 0 unspecified atom stereocenters. The van der Waals surface area contributed by atoms with Gasteiger partial charge in [0.05, 0.1) is 11.5 Å². The Hall–Kier alpha value is -3.40. The maximum atomic E-state index is 11.9. The Balaban J connectivity index is 2.26. The van der Waals surface area contributed by atoms with Gasteiger partial charge in [0, 0.05) is 29.7 Å². The zero-order chi connectivity index (χ0) is 18.2. The van der Waals surface area contributed by atoms with Crippen molar-refractivity contribution in [3.05, 3.63) is 64.0 Å². The highest BCUT2D eigenvalue weighted by atomic mass is 16.6. The van der Waals surface area contributed by atoms with E-state index in [4.69, 9.17) is 4.74 Å². The normalized spacial score (nSPS) is 11.0. The molecule has 0 spiro atoms. The fourth-order valence-electron chi connectivity index (χ4n) is 2.15. The largest absolute Gasteiger partial charge is 0.462 e. The monoisotopic (exact) mass is 339 g/mol. The second-order valence-electron chi connectivity index (χ2n) is 5.24. The number of benzene rings is 1. The molecular formula is C18H17N3O4. The summed E-state index contributed by atoms with van der Waals surface area (Å²) in [4.78, 5) is 22.2. The van der Waals surface area contributed by atoms with E-state index in [1.165, 1.54) is 18.2 Å². The third kappa shape index (κ3) is 4.54. The third-order valence-electron chi connectivity index (χ3n) is 3.48. The molecule has 128 valence electrons. The number of unbranched alkanes of at least 4 members (excludes halogenated alkanes) is 1. The standard InChI is InChI=1S/C18H17N3O4/c1-2-3-11-25-18(22)14(13-19)12-17-5-4-10-20(17)15-6-8-16(9-7-15)21(23)24/h4-10,12H,2-3,11H2,1H3/b14-12+. The van der Waals surface area contributed by atoms with E-state index in [2.05, 4.69) is 0 Å². The van der Waals surface area contributed by atoms with Crippen LogP contribution in [0.3, 0.4) is 0 Å². The smallest absolute Gasteiger partial charge is 0.348 e. The zero-order valence-corrected chi connectivity index (χ0v) is 13.7. The van der Waals surface area contributed by atoms with Gasteiger partial charge in [-0.05, 0) is 36.8 Å².